The van der Waals surface area contributed by atoms with Gasteiger partial charge in [0.05, 0.1) is 18.2 Å². The van der Waals surface area contributed by atoms with Gasteiger partial charge in [0.15, 0.2) is 0 Å². The fourth-order valence-electron chi connectivity index (χ4n) is 1.33. The van der Waals surface area contributed by atoms with Gasteiger partial charge in [0.1, 0.15) is 5.82 Å². The molecule has 1 aromatic carbocycles. The number of carbonyl (C=O) groups excluding carboxylic acids is 1. The largest absolute Gasteiger partial charge is 0.394 e. The standard InChI is InChI=1S/C12H16FNO2/c1-8-5-4-6-10(11(8)13)12(16)14(3)9(2)7-15/h4-6,9,15H,7H2,1-3H3/t9-/m1/s1. The zero-order chi connectivity index (χ0) is 12.3. The topological polar surface area (TPSA) is 40.5 Å². The Hall–Kier alpha value is -1.42. The molecule has 0 unspecified atom stereocenters. The predicted molar refractivity (Wildman–Crippen MR) is 59.8 cm³/mol. The Labute approximate surface area is 94.5 Å². The summed E-state index contributed by atoms with van der Waals surface area (Å²) in [6, 6.07) is 4.38. The van der Waals surface area contributed by atoms with Gasteiger partial charge in [0.2, 0.25) is 0 Å². The average molecular weight is 225 g/mol. The first-order valence-corrected chi connectivity index (χ1v) is 5.12. The molecule has 0 fully saturated rings. The predicted octanol–water partition coefficient (Wildman–Crippen LogP) is 1.59. The number of aliphatic hydroxyl groups is 1. The van der Waals surface area contributed by atoms with Gasteiger partial charge in [-0.25, -0.2) is 4.39 Å². The highest BCUT2D eigenvalue weighted by Gasteiger charge is 2.20. The first-order valence-electron chi connectivity index (χ1n) is 5.12. The van der Waals surface area contributed by atoms with Gasteiger partial charge in [-0.1, -0.05) is 12.1 Å². The number of likely N-dealkylation sites (N-methyl/N-ethyl adjacent to an activating group) is 1. The molecule has 1 atom stereocenters. The average Bonchev–Trinajstić information content (AvgIpc) is 2.29. The molecule has 0 aromatic heterocycles. The first kappa shape index (κ1) is 12.6. The fourth-order valence-corrected chi connectivity index (χ4v) is 1.33. The van der Waals surface area contributed by atoms with E-state index in [0.717, 1.165) is 0 Å². The number of rotatable bonds is 3. The maximum Gasteiger partial charge on any atom is 0.256 e. The molecule has 3 nitrogen and oxygen atoms in total. The van der Waals surface area contributed by atoms with E-state index in [1.165, 1.54) is 11.0 Å². The van der Waals surface area contributed by atoms with E-state index in [0.29, 0.717) is 5.56 Å². The van der Waals surface area contributed by atoms with Crippen LogP contribution in [0, 0.1) is 12.7 Å². The van der Waals surface area contributed by atoms with Crippen LogP contribution in [0.4, 0.5) is 4.39 Å². The zero-order valence-corrected chi connectivity index (χ0v) is 9.70. The first-order chi connectivity index (χ1) is 7.49. The summed E-state index contributed by atoms with van der Waals surface area (Å²) in [4.78, 5) is 13.2. The lowest BCUT2D eigenvalue weighted by molar-refractivity contribution is 0.0677. The second-order valence-electron chi connectivity index (χ2n) is 3.88. The molecule has 0 bridgehead atoms. The van der Waals surface area contributed by atoms with Crippen LogP contribution in [0.3, 0.4) is 0 Å². The van der Waals surface area contributed by atoms with Gasteiger partial charge in [-0.15, -0.1) is 0 Å². The van der Waals surface area contributed by atoms with Crippen molar-refractivity contribution in [3.8, 4) is 0 Å². The van der Waals surface area contributed by atoms with Crippen molar-refractivity contribution in [1.82, 2.24) is 4.90 Å². The SMILES string of the molecule is Cc1cccc(C(=O)N(C)[C@H](C)CO)c1F. The Bertz CT molecular complexity index is 393. The molecule has 16 heavy (non-hydrogen) atoms. The summed E-state index contributed by atoms with van der Waals surface area (Å²) in [5, 5.41) is 8.94. The number of hydrogen-bond acceptors (Lipinski definition) is 2. The van der Waals surface area contributed by atoms with Crippen molar-refractivity contribution in [3.05, 3.63) is 35.1 Å². The normalized spacial score (nSPS) is 12.3. The molecule has 88 valence electrons. The zero-order valence-electron chi connectivity index (χ0n) is 9.70. The van der Waals surface area contributed by atoms with Crippen LogP contribution in [0.2, 0.25) is 0 Å². The third-order valence-electron chi connectivity index (χ3n) is 2.67. The van der Waals surface area contributed by atoms with E-state index < -0.39 is 11.7 Å². The molecule has 0 aliphatic rings. The fraction of sp³-hybridized carbons (Fsp3) is 0.417. The van der Waals surface area contributed by atoms with Crippen molar-refractivity contribution >= 4 is 5.91 Å². The van der Waals surface area contributed by atoms with Crippen molar-refractivity contribution in [1.29, 1.82) is 0 Å². The Kier molecular flexibility index (Phi) is 4.01. The second kappa shape index (κ2) is 5.07. The Balaban J connectivity index is 3.01. The molecule has 1 amide bonds. The summed E-state index contributed by atoms with van der Waals surface area (Å²) in [6.45, 7) is 3.17. The molecule has 0 aliphatic carbocycles. The van der Waals surface area contributed by atoms with Crippen molar-refractivity contribution < 1.29 is 14.3 Å². The minimum atomic E-state index is -0.496. The van der Waals surface area contributed by atoms with Gasteiger partial charge in [0, 0.05) is 7.05 Å². The summed E-state index contributed by atoms with van der Waals surface area (Å²) in [5.41, 5.74) is 0.485. The highest BCUT2D eigenvalue weighted by molar-refractivity contribution is 5.94. The van der Waals surface area contributed by atoms with Gasteiger partial charge in [-0.05, 0) is 25.5 Å². The van der Waals surface area contributed by atoms with E-state index in [9.17, 15) is 9.18 Å². The van der Waals surface area contributed by atoms with Crippen molar-refractivity contribution in [2.75, 3.05) is 13.7 Å². The molecule has 1 rings (SSSR count). The van der Waals surface area contributed by atoms with Crippen LogP contribution < -0.4 is 0 Å². The van der Waals surface area contributed by atoms with Crippen LogP contribution in [0.5, 0.6) is 0 Å². The van der Waals surface area contributed by atoms with Crippen LogP contribution in [0.15, 0.2) is 18.2 Å². The van der Waals surface area contributed by atoms with E-state index in [1.54, 1.807) is 33.0 Å². The lowest BCUT2D eigenvalue weighted by Gasteiger charge is -2.23. The van der Waals surface area contributed by atoms with E-state index >= 15 is 0 Å². The van der Waals surface area contributed by atoms with Crippen molar-refractivity contribution in [2.45, 2.75) is 19.9 Å². The van der Waals surface area contributed by atoms with E-state index in [-0.39, 0.29) is 18.2 Å². The maximum atomic E-state index is 13.7. The van der Waals surface area contributed by atoms with E-state index in [4.69, 9.17) is 5.11 Å². The number of nitrogens with zero attached hydrogens (tertiary/aromatic N) is 1. The summed E-state index contributed by atoms with van der Waals surface area (Å²) in [5.74, 6) is -0.910. The number of carbonyl (C=O) groups is 1. The monoisotopic (exact) mass is 225 g/mol. The molecule has 0 radical (unpaired) electrons. The minimum Gasteiger partial charge on any atom is -0.394 e. The Morgan fingerprint density at radius 2 is 2.19 bits per heavy atom. The van der Waals surface area contributed by atoms with Crippen LogP contribution in [-0.4, -0.2) is 35.6 Å². The molecule has 0 spiro atoms. The number of hydrogen-bond donors (Lipinski definition) is 1. The quantitative estimate of drug-likeness (QED) is 0.848. The van der Waals surface area contributed by atoms with E-state index in [2.05, 4.69) is 0 Å². The van der Waals surface area contributed by atoms with Crippen LogP contribution in [0.25, 0.3) is 0 Å². The Morgan fingerprint density at radius 1 is 1.56 bits per heavy atom. The van der Waals surface area contributed by atoms with Gasteiger partial charge in [-0.3, -0.25) is 4.79 Å². The highest BCUT2D eigenvalue weighted by atomic mass is 19.1. The van der Waals surface area contributed by atoms with Crippen LogP contribution in [-0.2, 0) is 0 Å². The van der Waals surface area contributed by atoms with Gasteiger partial charge in [-0.2, -0.15) is 0 Å². The lowest BCUT2D eigenvalue weighted by Crippen LogP contribution is -2.37. The summed E-state index contributed by atoms with van der Waals surface area (Å²) >= 11 is 0. The summed E-state index contributed by atoms with van der Waals surface area (Å²) < 4.78 is 13.7. The van der Waals surface area contributed by atoms with E-state index in [1.807, 2.05) is 0 Å². The number of halogens is 1. The van der Waals surface area contributed by atoms with Crippen LogP contribution in [0.1, 0.15) is 22.8 Å². The van der Waals surface area contributed by atoms with Gasteiger partial charge >= 0.3 is 0 Å². The molecular formula is C12H16FNO2. The third kappa shape index (κ3) is 2.39. The number of aryl methyl sites for hydroxylation is 1. The molecule has 0 aliphatic heterocycles. The van der Waals surface area contributed by atoms with Crippen LogP contribution >= 0.6 is 0 Å². The number of aliphatic hydroxyl groups excluding tert-OH is 1. The molecule has 0 saturated carbocycles. The molecule has 0 saturated heterocycles. The summed E-state index contributed by atoms with van der Waals surface area (Å²) in [6.07, 6.45) is 0. The second-order valence-corrected chi connectivity index (χ2v) is 3.88. The molecule has 1 aromatic rings. The molecular weight excluding hydrogens is 209 g/mol. The molecule has 0 heterocycles. The Morgan fingerprint density at radius 3 is 2.75 bits per heavy atom. The summed E-state index contributed by atoms with van der Waals surface area (Å²) in [7, 11) is 1.55. The van der Waals surface area contributed by atoms with Crippen molar-refractivity contribution in [2.24, 2.45) is 0 Å². The lowest BCUT2D eigenvalue weighted by atomic mass is 10.1. The van der Waals surface area contributed by atoms with Gasteiger partial charge in [0.25, 0.3) is 5.91 Å². The van der Waals surface area contributed by atoms with Gasteiger partial charge < -0.3 is 10.0 Å². The highest BCUT2D eigenvalue weighted by Crippen LogP contribution is 2.14. The maximum absolute atomic E-state index is 13.7. The van der Waals surface area contributed by atoms with Crippen molar-refractivity contribution in [3.63, 3.8) is 0 Å². The minimum absolute atomic E-state index is 0.0443. The smallest absolute Gasteiger partial charge is 0.256 e. The number of benzene rings is 1. The molecule has 4 heteroatoms. The molecule has 1 N–H and O–H groups in total. The number of amides is 1. The third-order valence-corrected chi connectivity index (χ3v) is 2.67.